The van der Waals surface area contributed by atoms with E-state index in [0.29, 0.717) is 10.9 Å². The number of nitrogens with one attached hydrogen (secondary N) is 1. The van der Waals surface area contributed by atoms with Crippen molar-refractivity contribution in [1.82, 2.24) is 15.1 Å². The van der Waals surface area contributed by atoms with Gasteiger partial charge in [-0.25, -0.2) is 13.5 Å². The molecule has 194 valence electrons. The molecule has 1 N–H and O–H groups in total. The topological polar surface area (TPSA) is 68.5 Å². The molecule has 4 rings (SSSR count). The van der Waals surface area contributed by atoms with Gasteiger partial charge in [0.25, 0.3) is 0 Å². The summed E-state index contributed by atoms with van der Waals surface area (Å²) < 4.78 is 110. The van der Waals surface area contributed by atoms with Crippen LogP contribution in [0.2, 0.25) is 0 Å². The van der Waals surface area contributed by atoms with Gasteiger partial charge in [-0.05, 0) is 18.6 Å². The first kappa shape index (κ1) is 25.9. The van der Waals surface area contributed by atoms with Crippen molar-refractivity contribution in [1.29, 1.82) is 0 Å². The molecule has 15 heteroatoms. The third kappa shape index (κ3) is 4.90. The molecular formula is C21H15ClF8N4O2. The van der Waals surface area contributed by atoms with Gasteiger partial charge in [-0.15, -0.1) is 0 Å². The molecule has 1 aromatic heterocycles. The summed E-state index contributed by atoms with van der Waals surface area (Å²) >= 11 is 6.00. The fourth-order valence-corrected chi connectivity index (χ4v) is 4.28. The molecule has 0 radical (unpaired) electrons. The zero-order valence-corrected chi connectivity index (χ0v) is 18.6. The van der Waals surface area contributed by atoms with Crippen molar-refractivity contribution in [3.8, 4) is 0 Å². The zero-order valence-electron chi connectivity index (χ0n) is 17.8. The molecule has 2 heterocycles. The Morgan fingerprint density at radius 2 is 1.94 bits per heavy atom. The predicted molar refractivity (Wildman–Crippen MR) is 111 cm³/mol. The monoisotopic (exact) mass is 542 g/mol. The Balaban J connectivity index is 1.82. The number of aromatic nitrogens is 2. The van der Waals surface area contributed by atoms with Gasteiger partial charge in [0, 0.05) is 29.0 Å². The fraction of sp³-hybridized carbons (Fsp3) is 0.381. The van der Waals surface area contributed by atoms with Crippen LogP contribution in [-0.4, -0.2) is 39.8 Å². The summed E-state index contributed by atoms with van der Waals surface area (Å²) in [4.78, 5) is 16.8. The number of oxime groups is 1. The van der Waals surface area contributed by atoms with E-state index in [1.54, 1.807) is 0 Å². The minimum absolute atomic E-state index is 0.0256. The first-order valence-electron chi connectivity index (χ1n) is 10.3. The molecule has 3 unspecified atom stereocenters. The van der Waals surface area contributed by atoms with Crippen LogP contribution < -0.4 is 5.32 Å². The molecular weight excluding hydrogens is 528 g/mol. The second-order valence-corrected chi connectivity index (χ2v) is 8.34. The lowest BCUT2D eigenvalue weighted by molar-refractivity contribution is -0.174. The Hall–Kier alpha value is -3.16. The van der Waals surface area contributed by atoms with Crippen LogP contribution in [-0.2, 0) is 15.8 Å². The average molecular weight is 543 g/mol. The highest BCUT2D eigenvalue weighted by Crippen LogP contribution is 2.42. The van der Waals surface area contributed by atoms with Crippen LogP contribution in [0, 0.1) is 0 Å². The van der Waals surface area contributed by atoms with E-state index in [-0.39, 0.29) is 30.0 Å². The maximum Gasteiger partial charge on any atom is 0.471 e. The number of allylic oxidation sites excluding steroid dienone is 7. The minimum atomic E-state index is -5.43. The zero-order chi connectivity index (χ0) is 26.4. The predicted octanol–water partition coefficient (Wildman–Crippen LogP) is 5.66. The highest BCUT2D eigenvalue weighted by atomic mass is 35.5. The molecule has 0 aromatic carbocycles. The first-order valence-corrected chi connectivity index (χ1v) is 10.7. The molecule has 3 atom stereocenters. The van der Waals surface area contributed by atoms with Crippen molar-refractivity contribution in [3.05, 3.63) is 58.2 Å². The third-order valence-electron chi connectivity index (χ3n) is 5.52. The minimum Gasteiger partial charge on any atom is -0.385 e. The standard InChI is InChI=1S/C21H15ClF8N4O2/c22-12-5-2-6-13(24)14(12)15-16(32-19(35)21(28,29)30)17(36-33-15)11-8-31-34(18(11)20(25,26)27)10-4-1-3-9(23)7-10/h2,4-5,7-8,13,16-17H,1,3,6H2,(H,32,35). The van der Waals surface area contributed by atoms with Crippen LogP contribution in [0.4, 0.5) is 35.1 Å². The Labute approximate surface area is 202 Å². The smallest absolute Gasteiger partial charge is 0.385 e. The number of hydrogen-bond donors (Lipinski definition) is 1. The molecule has 0 saturated carbocycles. The SMILES string of the molecule is O=C(NC1C(C2=C(Cl)C=CCC2F)=NOC1c1cnn(C2=CCCC(F)=C2)c1C(F)(F)F)C(F)(F)F. The number of alkyl halides is 7. The lowest BCUT2D eigenvalue weighted by Gasteiger charge is -2.25. The molecule has 0 bridgehead atoms. The van der Waals surface area contributed by atoms with Gasteiger partial charge in [0.2, 0.25) is 0 Å². The first-order chi connectivity index (χ1) is 16.8. The van der Waals surface area contributed by atoms with Gasteiger partial charge in [-0.3, -0.25) is 4.79 Å². The molecule has 36 heavy (non-hydrogen) atoms. The average Bonchev–Trinajstić information content (AvgIpc) is 3.37. The molecule has 1 amide bonds. The largest absolute Gasteiger partial charge is 0.471 e. The highest BCUT2D eigenvalue weighted by Gasteiger charge is 2.50. The summed E-state index contributed by atoms with van der Waals surface area (Å²) in [5, 5.41) is 8.42. The quantitative estimate of drug-likeness (QED) is 0.500. The molecule has 0 saturated heterocycles. The van der Waals surface area contributed by atoms with Crippen molar-refractivity contribution in [2.75, 3.05) is 0 Å². The van der Waals surface area contributed by atoms with Crippen molar-refractivity contribution >= 4 is 28.9 Å². The van der Waals surface area contributed by atoms with Crippen LogP contribution in [0.5, 0.6) is 0 Å². The van der Waals surface area contributed by atoms with E-state index in [4.69, 9.17) is 16.4 Å². The van der Waals surface area contributed by atoms with Crippen LogP contribution in [0.15, 0.2) is 52.1 Å². The molecule has 6 nitrogen and oxygen atoms in total. The third-order valence-corrected chi connectivity index (χ3v) is 5.85. The maximum atomic E-state index is 14.7. The molecule has 0 spiro atoms. The number of carbonyl (C=O) groups is 1. The summed E-state index contributed by atoms with van der Waals surface area (Å²) in [6.07, 6.45) is -9.27. The van der Waals surface area contributed by atoms with E-state index in [1.165, 1.54) is 23.5 Å². The molecule has 3 aliphatic rings. The van der Waals surface area contributed by atoms with Crippen molar-refractivity contribution in [2.45, 2.75) is 49.9 Å². The molecule has 1 aromatic rings. The molecule has 2 aliphatic carbocycles. The van der Waals surface area contributed by atoms with E-state index >= 15 is 0 Å². The second kappa shape index (κ2) is 9.37. The van der Waals surface area contributed by atoms with E-state index in [9.17, 15) is 39.9 Å². The molecule has 1 aliphatic heterocycles. The molecule has 0 fully saturated rings. The Morgan fingerprint density at radius 3 is 2.56 bits per heavy atom. The number of halogens is 9. The normalized spacial score (nSPS) is 24.8. The van der Waals surface area contributed by atoms with Crippen molar-refractivity contribution in [2.24, 2.45) is 5.16 Å². The summed E-state index contributed by atoms with van der Waals surface area (Å²) in [5.74, 6) is -3.22. The van der Waals surface area contributed by atoms with Crippen LogP contribution in [0.3, 0.4) is 0 Å². The van der Waals surface area contributed by atoms with Gasteiger partial charge >= 0.3 is 18.3 Å². The van der Waals surface area contributed by atoms with Gasteiger partial charge in [-0.2, -0.15) is 31.4 Å². The van der Waals surface area contributed by atoms with E-state index in [0.717, 1.165) is 6.08 Å². The van der Waals surface area contributed by atoms with Crippen LogP contribution >= 0.6 is 11.6 Å². The Kier molecular flexibility index (Phi) is 6.75. The van der Waals surface area contributed by atoms with Crippen LogP contribution in [0.1, 0.15) is 36.6 Å². The van der Waals surface area contributed by atoms with E-state index < -0.39 is 64.9 Å². The summed E-state index contributed by atoms with van der Waals surface area (Å²) in [5.41, 5.74) is -3.61. The number of hydrogen-bond acceptors (Lipinski definition) is 4. The van der Waals surface area contributed by atoms with Gasteiger partial charge in [0.05, 0.1) is 11.9 Å². The van der Waals surface area contributed by atoms with Gasteiger partial charge in [0.15, 0.2) is 11.8 Å². The Morgan fingerprint density at radius 1 is 1.22 bits per heavy atom. The van der Waals surface area contributed by atoms with Crippen LogP contribution in [0.25, 0.3) is 5.70 Å². The summed E-state index contributed by atoms with van der Waals surface area (Å²) in [6.45, 7) is 0. The lowest BCUT2D eigenvalue weighted by Crippen LogP contribution is -2.49. The van der Waals surface area contributed by atoms with Gasteiger partial charge < -0.3 is 10.2 Å². The summed E-state index contributed by atoms with van der Waals surface area (Å²) in [6, 6.07) is -2.01. The Bertz CT molecular complexity index is 1230. The van der Waals surface area contributed by atoms with Crippen molar-refractivity contribution < 1.29 is 44.8 Å². The fourth-order valence-electron chi connectivity index (χ4n) is 3.97. The maximum absolute atomic E-state index is 14.7. The van der Waals surface area contributed by atoms with Crippen molar-refractivity contribution in [3.63, 3.8) is 0 Å². The van der Waals surface area contributed by atoms with E-state index in [1.807, 2.05) is 0 Å². The van der Waals surface area contributed by atoms with E-state index in [2.05, 4.69) is 10.3 Å². The number of amides is 1. The van der Waals surface area contributed by atoms with Gasteiger partial charge in [0.1, 0.15) is 23.8 Å². The number of rotatable bonds is 4. The van der Waals surface area contributed by atoms with Gasteiger partial charge in [-0.1, -0.05) is 28.9 Å². The second-order valence-electron chi connectivity index (χ2n) is 7.94. The number of carbonyl (C=O) groups excluding carboxylic acids is 1. The lowest BCUT2D eigenvalue weighted by atomic mass is 9.89. The number of nitrogens with zero attached hydrogens (tertiary/aromatic N) is 3. The highest BCUT2D eigenvalue weighted by molar-refractivity contribution is 6.34. The summed E-state index contributed by atoms with van der Waals surface area (Å²) in [7, 11) is 0.